The second kappa shape index (κ2) is 5.42. The first-order valence-corrected chi connectivity index (χ1v) is 8.64. The Kier molecular flexibility index (Phi) is 3.75. The summed E-state index contributed by atoms with van der Waals surface area (Å²) in [5.74, 6) is 1.20. The SMILES string of the molecule is CN(C)c1ccc(O[C@@H]2CCN(S(=O)(=O)C3CC3)C2)nn1. The van der Waals surface area contributed by atoms with E-state index in [0.29, 0.717) is 25.4 Å². The number of sulfonamides is 1. The Morgan fingerprint density at radius 2 is 2.00 bits per heavy atom. The van der Waals surface area contributed by atoms with Gasteiger partial charge in [-0.3, -0.25) is 0 Å². The van der Waals surface area contributed by atoms with E-state index in [1.54, 1.807) is 10.4 Å². The molecule has 0 radical (unpaired) electrons. The maximum absolute atomic E-state index is 12.1. The number of hydrogen-bond acceptors (Lipinski definition) is 6. The summed E-state index contributed by atoms with van der Waals surface area (Å²) < 4.78 is 31.6. The minimum atomic E-state index is -3.10. The molecule has 0 unspecified atom stereocenters. The van der Waals surface area contributed by atoms with E-state index in [-0.39, 0.29) is 11.4 Å². The van der Waals surface area contributed by atoms with Crippen LogP contribution in [0.5, 0.6) is 5.88 Å². The Balaban J connectivity index is 1.59. The van der Waals surface area contributed by atoms with Gasteiger partial charge in [0.15, 0.2) is 5.82 Å². The second-order valence-corrected chi connectivity index (χ2v) is 7.97. The fourth-order valence-electron chi connectivity index (χ4n) is 2.39. The quantitative estimate of drug-likeness (QED) is 0.787. The molecule has 1 saturated carbocycles. The van der Waals surface area contributed by atoms with Crippen molar-refractivity contribution in [3.05, 3.63) is 12.1 Å². The third-order valence-electron chi connectivity index (χ3n) is 3.78. The van der Waals surface area contributed by atoms with E-state index >= 15 is 0 Å². The van der Waals surface area contributed by atoms with E-state index in [0.717, 1.165) is 18.7 Å². The molecule has 1 atom stereocenters. The van der Waals surface area contributed by atoms with Gasteiger partial charge in [0.05, 0.1) is 11.8 Å². The first-order chi connectivity index (χ1) is 9.96. The number of nitrogens with zero attached hydrogens (tertiary/aromatic N) is 4. The lowest BCUT2D eigenvalue weighted by Crippen LogP contribution is -2.33. The lowest BCUT2D eigenvalue weighted by Gasteiger charge is -2.16. The lowest BCUT2D eigenvalue weighted by molar-refractivity contribution is 0.204. The molecular weight excluding hydrogens is 292 g/mol. The van der Waals surface area contributed by atoms with Crippen LogP contribution in [0.3, 0.4) is 0 Å². The predicted molar refractivity (Wildman–Crippen MR) is 78.9 cm³/mol. The van der Waals surface area contributed by atoms with Crippen molar-refractivity contribution in [1.82, 2.24) is 14.5 Å². The van der Waals surface area contributed by atoms with Crippen molar-refractivity contribution in [3.8, 4) is 5.88 Å². The Morgan fingerprint density at radius 3 is 2.57 bits per heavy atom. The number of anilines is 1. The van der Waals surface area contributed by atoms with Crippen LogP contribution in [0.1, 0.15) is 19.3 Å². The van der Waals surface area contributed by atoms with Crippen molar-refractivity contribution < 1.29 is 13.2 Å². The van der Waals surface area contributed by atoms with Crippen LogP contribution in [0.2, 0.25) is 0 Å². The molecule has 7 nitrogen and oxygen atoms in total. The summed E-state index contributed by atoms with van der Waals surface area (Å²) in [7, 11) is 0.684. The molecule has 21 heavy (non-hydrogen) atoms. The molecule has 3 rings (SSSR count). The maximum atomic E-state index is 12.1. The van der Waals surface area contributed by atoms with Gasteiger partial charge in [-0.2, -0.15) is 4.31 Å². The Bertz CT molecular complexity index is 598. The van der Waals surface area contributed by atoms with Gasteiger partial charge in [-0.05, 0) is 25.3 Å². The van der Waals surface area contributed by atoms with Gasteiger partial charge < -0.3 is 9.64 Å². The molecule has 2 aliphatic rings. The van der Waals surface area contributed by atoms with Gasteiger partial charge in [0, 0.05) is 26.7 Å². The molecule has 1 saturated heterocycles. The zero-order valence-corrected chi connectivity index (χ0v) is 13.1. The highest BCUT2D eigenvalue weighted by molar-refractivity contribution is 7.90. The van der Waals surface area contributed by atoms with Crippen molar-refractivity contribution in [3.63, 3.8) is 0 Å². The molecule has 2 heterocycles. The Hall–Kier alpha value is -1.41. The summed E-state index contributed by atoms with van der Waals surface area (Å²) in [6, 6.07) is 3.59. The van der Waals surface area contributed by atoms with Crippen molar-refractivity contribution in [1.29, 1.82) is 0 Å². The molecule has 0 aromatic carbocycles. The van der Waals surface area contributed by atoms with Crippen LogP contribution in [0, 0.1) is 0 Å². The zero-order valence-electron chi connectivity index (χ0n) is 12.3. The van der Waals surface area contributed by atoms with E-state index in [1.165, 1.54) is 0 Å². The first kappa shape index (κ1) is 14.5. The van der Waals surface area contributed by atoms with E-state index in [1.807, 2.05) is 25.1 Å². The van der Waals surface area contributed by atoms with E-state index < -0.39 is 10.0 Å². The summed E-state index contributed by atoms with van der Waals surface area (Å²) in [6.45, 7) is 0.947. The number of hydrogen-bond donors (Lipinski definition) is 0. The fraction of sp³-hybridized carbons (Fsp3) is 0.692. The van der Waals surface area contributed by atoms with Gasteiger partial charge in [0.2, 0.25) is 15.9 Å². The van der Waals surface area contributed by atoms with Crippen LogP contribution in [-0.4, -0.2) is 61.5 Å². The van der Waals surface area contributed by atoms with E-state index in [4.69, 9.17) is 4.74 Å². The molecule has 1 aliphatic carbocycles. The molecule has 116 valence electrons. The highest BCUT2D eigenvalue weighted by atomic mass is 32.2. The molecule has 1 aliphatic heterocycles. The number of rotatable bonds is 5. The van der Waals surface area contributed by atoms with Gasteiger partial charge >= 0.3 is 0 Å². The molecular formula is C13H20N4O3S. The average molecular weight is 312 g/mol. The van der Waals surface area contributed by atoms with Crippen LogP contribution in [0.15, 0.2) is 12.1 Å². The standard InChI is InChI=1S/C13H20N4O3S/c1-16(2)12-5-6-13(15-14-12)20-10-7-8-17(9-10)21(18,19)11-3-4-11/h5-6,10-11H,3-4,7-9H2,1-2H3/t10-/m1/s1. The molecule has 1 aromatic heterocycles. The van der Waals surface area contributed by atoms with Gasteiger partial charge in [-0.1, -0.05) is 0 Å². The van der Waals surface area contributed by atoms with Crippen LogP contribution in [0.25, 0.3) is 0 Å². The van der Waals surface area contributed by atoms with Crippen molar-refractivity contribution in [2.24, 2.45) is 0 Å². The number of aromatic nitrogens is 2. The Labute approximate surface area is 125 Å². The highest BCUT2D eigenvalue weighted by Crippen LogP contribution is 2.33. The van der Waals surface area contributed by atoms with Gasteiger partial charge in [0.1, 0.15) is 6.10 Å². The Morgan fingerprint density at radius 1 is 1.24 bits per heavy atom. The van der Waals surface area contributed by atoms with Crippen LogP contribution in [0.4, 0.5) is 5.82 Å². The van der Waals surface area contributed by atoms with Gasteiger partial charge in [0.25, 0.3) is 0 Å². The second-order valence-electron chi connectivity index (χ2n) is 5.76. The molecule has 1 aromatic rings. The normalized spacial score (nSPS) is 23.2. The van der Waals surface area contributed by atoms with Crippen LogP contribution < -0.4 is 9.64 Å². The molecule has 2 fully saturated rings. The molecule has 0 N–H and O–H groups in total. The minimum Gasteiger partial charge on any atom is -0.472 e. The molecule has 0 spiro atoms. The average Bonchev–Trinajstić information content (AvgIpc) is 3.21. The van der Waals surface area contributed by atoms with Crippen molar-refractivity contribution >= 4 is 15.8 Å². The lowest BCUT2D eigenvalue weighted by atomic mass is 10.3. The largest absolute Gasteiger partial charge is 0.472 e. The summed E-state index contributed by atoms with van der Waals surface area (Å²) in [5, 5.41) is 7.90. The monoisotopic (exact) mass is 312 g/mol. The number of ether oxygens (including phenoxy) is 1. The third kappa shape index (κ3) is 3.11. The minimum absolute atomic E-state index is 0.141. The summed E-state index contributed by atoms with van der Waals surface area (Å²) >= 11 is 0. The van der Waals surface area contributed by atoms with Gasteiger partial charge in [-0.25, -0.2) is 8.42 Å². The topological polar surface area (TPSA) is 75.6 Å². The predicted octanol–water partition coefficient (Wildman–Crippen LogP) is 0.488. The maximum Gasteiger partial charge on any atom is 0.233 e. The summed E-state index contributed by atoms with van der Waals surface area (Å²) in [4.78, 5) is 1.86. The highest BCUT2D eigenvalue weighted by Gasteiger charge is 2.43. The summed E-state index contributed by atoms with van der Waals surface area (Å²) in [6.07, 6.45) is 2.14. The third-order valence-corrected chi connectivity index (χ3v) is 6.15. The smallest absolute Gasteiger partial charge is 0.233 e. The molecule has 0 amide bonds. The first-order valence-electron chi connectivity index (χ1n) is 7.13. The van der Waals surface area contributed by atoms with Crippen LogP contribution >= 0.6 is 0 Å². The van der Waals surface area contributed by atoms with Crippen molar-refractivity contribution in [2.75, 3.05) is 32.1 Å². The van der Waals surface area contributed by atoms with Crippen molar-refractivity contribution in [2.45, 2.75) is 30.6 Å². The fourth-order valence-corrected chi connectivity index (χ4v) is 4.27. The zero-order chi connectivity index (χ0) is 15.0. The van der Waals surface area contributed by atoms with E-state index in [2.05, 4.69) is 10.2 Å². The molecule has 0 bridgehead atoms. The van der Waals surface area contributed by atoms with Crippen LogP contribution in [-0.2, 0) is 10.0 Å². The van der Waals surface area contributed by atoms with Gasteiger partial charge in [-0.15, -0.1) is 10.2 Å². The molecule has 8 heteroatoms. The van der Waals surface area contributed by atoms with E-state index in [9.17, 15) is 8.42 Å². The summed E-state index contributed by atoms with van der Waals surface area (Å²) in [5.41, 5.74) is 0.